The molecule has 0 unspecified atom stereocenters. The zero-order chi connectivity index (χ0) is 10.1. The Bertz CT molecular complexity index is 419. The Morgan fingerprint density at radius 1 is 1.46 bits per heavy atom. The largest absolute Gasteiger partial charge is 0.321 e. The Hall–Kier alpha value is -0.890. The zero-order valence-corrected chi connectivity index (χ0v) is 7.93. The monoisotopic (exact) mass is 222 g/mol. The van der Waals surface area contributed by atoms with Gasteiger partial charge in [-0.3, -0.25) is 10.8 Å². The first kappa shape index (κ1) is 10.2. The van der Waals surface area contributed by atoms with Crippen LogP contribution in [0.3, 0.4) is 0 Å². The summed E-state index contributed by atoms with van der Waals surface area (Å²) in [5, 5.41) is 4.97. The number of aromatic nitrogens is 1. The molecule has 1 heterocycles. The van der Waals surface area contributed by atoms with E-state index in [4.69, 9.17) is 22.6 Å². The van der Waals surface area contributed by atoms with Gasteiger partial charge in [-0.25, -0.2) is 13.6 Å². The minimum atomic E-state index is -3.86. The molecule has 8 heteroatoms. The van der Waals surface area contributed by atoms with Crippen LogP contribution in [-0.2, 0) is 10.0 Å². The van der Waals surface area contributed by atoms with Gasteiger partial charge < -0.3 is 5.43 Å². The van der Waals surface area contributed by atoms with E-state index in [1.165, 1.54) is 6.20 Å². The van der Waals surface area contributed by atoms with Crippen LogP contribution >= 0.6 is 11.6 Å². The molecule has 1 rings (SSSR count). The van der Waals surface area contributed by atoms with E-state index in [0.29, 0.717) is 0 Å². The fourth-order valence-corrected chi connectivity index (χ4v) is 1.70. The third-order valence-corrected chi connectivity index (χ3v) is 2.52. The number of primary sulfonamides is 1. The Labute approximate surface area is 79.9 Å². The van der Waals surface area contributed by atoms with E-state index in [9.17, 15) is 8.42 Å². The number of anilines is 1. The molecule has 0 fully saturated rings. The summed E-state index contributed by atoms with van der Waals surface area (Å²) in [6.45, 7) is 0. The highest BCUT2D eigenvalue weighted by Crippen LogP contribution is 2.26. The highest BCUT2D eigenvalue weighted by molar-refractivity contribution is 7.89. The Morgan fingerprint density at radius 2 is 2.08 bits per heavy atom. The maximum Gasteiger partial charge on any atom is 0.241 e. The second-order valence-corrected chi connectivity index (χ2v) is 4.12. The molecule has 0 spiro atoms. The number of hydrazine groups is 1. The van der Waals surface area contributed by atoms with Gasteiger partial charge in [-0.1, -0.05) is 11.6 Å². The minimum absolute atomic E-state index is 0.0409. The summed E-state index contributed by atoms with van der Waals surface area (Å²) in [5.41, 5.74) is 2.18. The van der Waals surface area contributed by atoms with Gasteiger partial charge in [0.05, 0.1) is 10.7 Å². The van der Waals surface area contributed by atoms with E-state index in [1.807, 2.05) is 0 Å². The van der Waals surface area contributed by atoms with Crippen molar-refractivity contribution in [1.82, 2.24) is 4.98 Å². The van der Waals surface area contributed by atoms with E-state index >= 15 is 0 Å². The second-order valence-electron chi connectivity index (χ2n) is 2.18. The molecule has 0 saturated carbocycles. The summed E-state index contributed by atoms with van der Waals surface area (Å²) in [7, 11) is -3.86. The molecule has 0 amide bonds. The molecule has 72 valence electrons. The third kappa shape index (κ3) is 2.07. The van der Waals surface area contributed by atoms with Crippen LogP contribution in [0.2, 0.25) is 5.02 Å². The van der Waals surface area contributed by atoms with Crippen molar-refractivity contribution in [3.05, 3.63) is 17.4 Å². The van der Waals surface area contributed by atoms with Crippen molar-refractivity contribution in [3.63, 3.8) is 0 Å². The molecule has 0 aliphatic heterocycles. The minimum Gasteiger partial charge on any atom is -0.321 e. The lowest BCUT2D eigenvalue weighted by Gasteiger charge is -2.06. The lowest BCUT2D eigenvalue weighted by molar-refractivity contribution is 0.597. The molecule has 0 aliphatic rings. The van der Waals surface area contributed by atoms with E-state index in [-0.39, 0.29) is 15.6 Å². The number of halogens is 1. The van der Waals surface area contributed by atoms with E-state index in [1.54, 1.807) is 0 Å². The SMILES string of the molecule is NNc1c(Cl)cncc1S(N)(=O)=O. The fraction of sp³-hybridized carbons (Fsp3) is 0. The van der Waals surface area contributed by atoms with Crippen LogP contribution in [0.25, 0.3) is 0 Å². The Kier molecular flexibility index (Phi) is 2.71. The van der Waals surface area contributed by atoms with E-state index < -0.39 is 10.0 Å². The fourth-order valence-electron chi connectivity index (χ4n) is 0.773. The smallest absolute Gasteiger partial charge is 0.241 e. The molecule has 5 N–H and O–H groups in total. The molecule has 0 bridgehead atoms. The number of nitrogens with two attached hydrogens (primary N) is 2. The molecule has 1 aromatic heterocycles. The van der Waals surface area contributed by atoms with Gasteiger partial charge in [0.1, 0.15) is 4.90 Å². The number of nitrogen functional groups attached to an aromatic ring is 1. The van der Waals surface area contributed by atoms with Crippen molar-refractivity contribution in [3.8, 4) is 0 Å². The number of hydrogen-bond donors (Lipinski definition) is 3. The summed E-state index contributed by atoms with van der Waals surface area (Å²) in [5.74, 6) is 5.07. The van der Waals surface area contributed by atoms with Gasteiger partial charge in [0.15, 0.2) is 0 Å². The van der Waals surface area contributed by atoms with Gasteiger partial charge in [-0.2, -0.15) is 0 Å². The third-order valence-electron chi connectivity index (χ3n) is 1.32. The molecule has 6 nitrogen and oxygen atoms in total. The average molecular weight is 223 g/mol. The summed E-state index contributed by atoms with van der Waals surface area (Å²) < 4.78 is 21.9. The quantitative estimate of drug-likeness (QED) is 0.469. The molecule has 0 atom stereocenters. The second kappa shape index (κ2) is 3.46. The van der Waals surface area contributed by atoms with Crippen LogP contribution in [0.4, 0.5) is 5.69 Å². The first-order chi connectivity index (χ1) is 5.96. The molecule has 1 aromatic rings. The van der Waals surface area contributed by atoms with E-state index in [0.717, 1.165) is 6.20 Å². The van der Waals surface area contributed by atoms with Crippen LogP contribution in [0.1, 0.15) is 0 Å². The van der Waals surface area contributed by atoms with Gasteiger partial charge in [0.2, 0.25) is 10.0 Å². The number of nitrogens with zero attached hydrogens (tertiary/aromatic N) is 1. The molecule has 0 saturated heterocycles. The van der Waals surface area contributed by atoms with Gasteiger partial charge >= 0.3 is 0 Å². The van der Waals surface area contributed by atoms with Gasteiger partial charge in [0, 0.05) is 12.4 Å². The summed E-state index contributed by atoms with van der Waals surface area (Å²) in [4.78, 5) is 3.34. The lowest BCUT2D eigenvalue weighted by atomic mass is 10.4. The predicted octanol–water partition coefficient (Wildman–Crippen LogP) is -0.332. The summed E-state index contributed by atoms with van der Waals surface area (Å²) in [6, 6.07) is 0. The van der Waals surface area contributed by atoms with Crippen LogP contribution in [0.15, 0.2) is 17.3 Å². The Morgan fingerprint density at radius 3 is 2.46 bits per heavy atom. The highest BCUT2D eigenvalue weighted by atomic mass is 35.5. The van der Waals surface area contributed by atoms with Gasteiger partial charge in [-0.15, -0.1) is 0 Å². The van der Waals surface area contributed by atoms with Crippen molar-refractivity contribution in [2.45, 2.75) is 4.90 Å². The molecule has 0 aromatic carbocycles. The van der Waals surface area contributed by atoms with Crippen molar-refractivity contribution in [2.24, 2.45) is 11.0 Å². The van der Waals surface area contributed by atoms with E-state index in [2.05, 4.69) is 10.4 Å². The Balaban J connectivity index is 3.47. The normalized spacial score (nSPS) is 11.3. The van der Waals surface area contributed by atoms with Crippen LogP contribution < -0.4 is 16.4 Å². The van der Waals surface area contributed by atoms with Crippen molar-refractivity contribution in [1.29, 1.82) is 0 Å². The maximum absolute atomic E-state index is 10.9. The zero-order valence-electron chi connectivity index (χ0n) is 6.36. The molecule has 0 aliphatic carbocycles. The number of hydrogen-bond acceptors (Lipinski definition) is 5. The molecular formula is C5H7ClN4O2S. The van der Waals surface area contributed by atoms with Crippen molar-refractivity contribution in [2.75, 3.05) is 5.43 Å². The lowest BCUT2D eigenvalue weighted by Crippen LogP contribution is -2.18. The number of rotatable bonds is 2. The highest BCUT2D eigenvalue weighted by Gasteiger charge is 2.16. The summed E-state index contributed by atoms with van der Waals surface area (Å²) in [6.07, 6.45) is 2.32. The molecule has 0 radical (unpaired) electrons. The topological polar surface area (TPSA) is 111 Å². The van der Waals surface area contributed by atoms with Crippen LogP contribution in [0, 0.1) is 0 Å². The van der Waals surface area contributed by atoms with Crippen LogP contribution in [-0.4, -0.2) is 13.4 Å². The first-order valence-corrected chi connectivity index (χ1v) is 5.02. The van der Waals surface area contributed by atoms with Gasteiger partial charge in [0.25, 0.3) is 0 Å². The van der Waals surface area contributed by atoms with Crippen molar-refractivity contribution < 1.29 is 8.42 Å². The summed E-state index contributed by atoms with van der Waals surface area (Å²) >= 11 is 5.61. The van der Waals surface area contributed by atoms with Crippen molar-refractivity contribution >= 4 is 27.3 Å². The molecular weight excluding hydrogens is 216 g/mol. The standard InChI is InChI=1S/C5H7ClN4O2S/c6-3-1-9-2-4(5(3)10-7)13(8,11)12/h1-2H,7H2,(H,9,10)(H2,8,11,12). The molecule has 13 heavy (non-hydrogen) atoms. The van der Waals surface area contributed by atoms with Gasteiger partial charge in [-0.05, 0) is 0 Å². The number of pyridine rings is 1. The maximum atomic E-state index is 10.9. The first-order valence-electron chi connectivity index (χ1n) is 3.09. The number of sulfonamides is 1. The van der Waals surface area contributed by atoms with Crippen LogP contribution in [0.5, 0.6) is 0 Å². The average Bonchev–Trinajstić information content (AvgIpc) is 2.02. The number of nitrogens with one attached hydrogen (secondary N) is 1. The predicted molar refractivity (Wildman–Crippen MR) is 48.4 cm³/mol.